The van der Waals surface area contributed by atoms with Crippen molar-refractivity contribution < 1.29 is 61.9 Å². The van der Waals surface area contributed by atoms with Gasteiger partial charge in [-0.3, -0.25) is 24.3 Å². The summed E-state index contributed by atoms with van der Waals surface area (Å²) >= 11 is 11.6. The summed E-state index contributed by atoms with van der Waals surface area (Å²) in [5.41, 5.74) is 1.56. The highest BCUT2D eigenvalue weighted by Crippen LogP contribution is 2.42. The molecule has 1 atom stereocenters. The highest BCUT2D eigenvalue weighted by Gasteiger charge is 2.41. The Morgan fingerprint density at radius 3 is 2.24 bits per heavy atom. The predicted molar refractivity (Wildman–Crippen MR) is 224 cm³/mol. The molecule has 4 heterocycles. The van der Waals surface area contributed by atoms with E-state index in [1.165, 1.54) is 48.4 Å². The van der Waals surface area contributed by atoms with Crippen molar-refractivity contribution in [2.45, 2.75) is 38.7 Å². The molecule has 5 aromatic rings. The Morgan fingerprint density at radius 2 is 1.60 bits per heavy atom. The summed E-state index contributed by atoms with van der Waals surface area (Å²) in [6.45, 7) is 0.759. The summed E-state index contributed by atoms with van der Waals surface area (Å²) in [5.74, 6) is -1.46. The molecule has 1 aliphatic carbocycles. The van der Waals surface area contributed by atoms with Crippen LogP contribution in [-0.2, 0) is 24.0 Å². The molecular weight excluding hydrogens is 869 g/mol. The van der Waals surface area contributed by atoms with Crippen molar-refractivity contribution in [3.05, 3.63) is 112 Å². The monoisotopic (exact) mass is 902 g/mol. The molecule has 3 amide bonds. The van der Waals surface area contributed by atoms with Crippen LogP contribution in [0.1, 0.15) is 32.6 Å². The van der Waals surface area contributed by atoms with Crippen LogP contribution in [0.4, 0.5) is 20.2 Å². The zero-order valence-electron chi connectivity index (χ0n) is 33.0. The van der Waals surface area contributed by atoms with Crippen LogP contribution in [0.25, 0.3) is 10.9 Å². The third kappa shape index (κ3) is 10.6. The lowest BCUT2D eigenvalue weighted by Crippen LogP contribution is -2.39. The number of halogens is 4. The van der Waals surface area contributed by atoms with Crippen LogP contribution in [0, 0.1) is 24.0 Å². The first-order valence-electron chi connectivity index (χ1n) is 18.8. The van der Waals surface area contributed by atoms with Crippen molar-refractivity contribution in [1.29, 1.82) is 0 Å². The fourth-order valence-corrected chi connectivity index (χ4v) is 6.76. The largest absolute Gasteiger partial charge is 0.481 e. The number of pyridine rings is 2. The third-order valence-electron chi connectivity index (χ3n) is 9.36. The number of carboxylic acids is 2. The number of hydrogen-bond donors (Lipinski definition) is 2. The van der Waals surface area contributed by atoms with E-state index < -0.39 is 48.1 Å². The molecule has 0 unspecified atom stereocenters. The number of carboxylic acid groups (broad SMARTS) is 2. The second-order valence-electron chi connectivity index (χ2n) is 13.6. The summed E-state index contributed by atoms with van der Waals surface area (Å²) in [5, 5.41) is 18.7. The van der Waals surface area contributed by atoms with Gasteiger partial charge in [-0.2, -0.15) is 0 Å². The molecular formula is C44H34Cl2F2N4O11. The van der Waals surface area contributed by atoms with Gasteiger partial charge in [0.15, 0.2) is 31.0 Å². The van der Waals surface area contributed by atoms with Crippen LogP contribution in [-0.4, -0.2) is 75.7 Å². The zero-order chi connectivity index (χ0) is 45.4. The predicted octanol–water partition coefficient (Wildman–Crippen LogP) is 7.80. The molecule has 2 aliphatic heterocycles. The Balaban J connectivity index is 0.000000162. The second kappa shape index (κ2) is 20.1. The minimum atomic E-state index is -1.07. The van der Waals surface area contributed by atoms with Crippen molar-refractivity contribution in [2.75, 3.05) is 29.6 Å². The standard InChI is InChI=1S/C19H15FN2O4.C14H11ClFNO4.C11H8ClNO3/c1-2-7-21-15-9-14(13(20)8-16(15)26-10-17(21)23)22-18(24)11-5-3-4-6-12(11)19(22)25;1-8(14(18)19)20-10-2-4-11(5-3-10)21-13-12(16)6-9(15)7-17-13;12-8-3-4-9(16-6-10(14)15)11-7(8)2-1-5-13-11/h1,8-9H,3-7,10H2;2-8H,1H3,(H,18,19);1-5H,6H2,(H,14,15)/t;8-;/m.1./s1. The van der Waals surface area contributed by atoms with Gasteiger partial charge in [0.2, 0.25) is 0 Å². The smallest absolute Gasteiger partial charge is 0.344 e. The number of carbonyl (C=O) groups is 5. The first kappa shape index (κ1) is 45.2. The van der Waals surface area contributed by atoms with E-state index in [1.54, 1.807) is 30.5 Å². The van der Waals surface area contributed by atoms with Crippen molar-refractivity contribution in [1.82, 2.24) is 9.97 Å². The van der Waals surface area contributed by atoms with Crippen LogP contribution in [0.2, 0.25) is 10.0 Å². The van der Waals surface area contributed by atoms with E-state index in [0.29, 0.717) is 51.8 Å². The SMILES string of the molecule is C#CCN1C(=O)COc2cc(F)c(N3C(=O)C4=C(CCCC4)C3=O)cc21.C[C@@H](Oc1ccc(Oc2ncc(Cl)cc2F)cc1)C(=O)O.O=C(O)COc1ccc(Cl)c2cccnc12. The fraction of sp³-hybridized carbons (Fsp3) is 0.205. The van der Waals surface area contributed by atoms with Gasteiger partial charge in [-0.05, 0) is 93.3 Å². The highest BCUT2D eigenvalue weighted by atomic mass is 35.5. The summed E-state index contributed by atoms with van der Waals surface area (Å²) in [6, 6.07) is 16.4. The number of hydrogen-bond acceptors (Lipinski definition) is 11. The molecule has 0 bridgehead atoms. The lowest BCUT2D eigenvalue weighted by molar-refractivity contribution is -0.144. The van der Waals surface area contributed by atoms with E-state index in [0.717, 1.165) is 35.3 Å². The Morgan fingerprint density at radius 1 is 0.921 bits per heavy atom. The van der Waals surface area contributed by atoms with Gasteiger partial charge < -0.3 is 29.2 Å². The molecule has 3 aliphatic rings. The summed E-state index contributed by atoms with van der Waals surface area (Å²) in [7, 11) is 0. The summed E-state index contributed by atoms with van der Waals surface area (Å²) < 4.78 is 49.0. The van der Waals surface area contributed by atoms with Crippen molar-refractivity contribution in [3.63, 3.8) is 0 Å². The van der Waals surface area contributed by atoms with Gasteiger partial charge in [-0.1, -0.05) is 29.1 Å². The number of terminal acetylenes is 1. The number of imide groups is 1. The molecule has 324 valence electrons. The van der Waals surface area contributed by atoms with Crippen molar-refractivity contribution >= 4 is 75.1 Å². The molecule has 0 radical (unpaired) electrons. The minimum absolute atomic E-state index is 0.0170. The Bertz CT molecular complexity index is 2660. The van der Waals surface area contributed by atoms with E-state index in [4.69, 9.17) is 58.8 Å². The molecule has 0 spiro atoms. The first-order valence-corrected chi connectivity index (χ1v) is 19.6. The van der Waals surface area contributed by atoms with Crippen LogP contribution >= 0.6 is 23.2 Å². The maximum absolute atomic E-state index is 14.7. The molecule has 2 aromatic heterocycles. The third-order valence-corrected chi connectivity index (χ3v) is 9.89. The number of rotatable bonds is 10. The van der Waals surface area contributed by atoms with Crippen LogP contribution < -0.4 is 28.7 Å². The van der Waals surface area contributed by atoms with Gasteiger partial charge in [0.1, 0.15) is 28.5 Å². The van der Waals surface area contributed by atoms with Crippen LogP contribution in [0.5, 0.6) is 28.9 Å². The number of fused-ring (bicyclic) bond motifs is 2. The summed E-state index contributed by atoms with van der Waals surface area (Å²) in [4.78, 5) is 68.5. The van der Waals surface area contributed by atoms with E-state index in [2.05, 4.69) is 15.9 Å². The minimum Gasteiger partial charge on any atom is -0.481 e. The molecule has 19 heteroatoms. The second-order valence-corrected chi connectivity index (χ2v) is 14.4. The van der Waals surface area contributed by atoms with Gasteiger partial charge in [-0.15, -0.1) is 6.42 Å². The Hall–Kier alpha value is -7.29. The lowest BCUT2D eigenvalue weighted by atomic mass is 9.93. The topological polar surface area (TPSA) is 195 Å². The number of aliphatic carboxylic acids is 2. The van der Waals surface area contributed by atoms with E-state index in [1.807, 2.05) is 0 Å². The quantitative estimate of drug-likeness (QED) is 0.102. The number of ether oxygens (including phenoxy) is 4. The molecule has 0 saturated heterocycles. The fourth-order valence-electron chi connectivity index (χ4n) is 6.40. The van der Waals surface area contributed by atoms with Gasteiger partial charge in [0, 0.05) is 35.0 Å². The first-order chi connectivity index (χ1) is 30.2. The molecule has 0 fully saturated rings. The number of amides is 3. The molecule has 15 nitrogen and oxygen atoms in total. The summed E-state index contributed by atoms with van der Waals surface area (Å²) in [6.07, 6.45) is 9.92. The normalized spacial score (nSPS) is 14.5. The molecule has 3 aromatic carbocycles. The average Bonchev–Trinajstić information content (AvgIpc) is 3.52. The molecule has 2 N–H and O–H groups in total. The molecule has 63 heavy (non-hydrogen) atoms. The number of nitrogens with zero attached hydrogens (tertiary/aromatic N) is 4. The van der Waals surface area contributed by atoms with Gasteiger partial charge >= 0.3 is 11.9 Å². The number of benzene rings is 3. The maximum Gasteiger partial charge on any atom is 0.344 e. The van der Waals surface area contributed by atoms with Gasteiger partial charge in [-0.25, -0.2) is 28.3 Å². The number of aromatic nitrogens is 2. The van der Waals surface area contributed by atoms with E-state index in [9.17, 15) is 32.8 Å². The average molecular weight is 904 g/mol. The van der Waals surface area contributed by atoms with Crippen molar-refractivity contribution in [2.24, 2.45) is 0 Å². The van der Waals surface area contributed by atoms with Gasteiger partial charge in [0.05, 0.1) is 28.0 Å². The van der Waals surface area contributed by atoms with Gasteiger partial charge in [0.25, 0.3) is 23.6 Å². The van der Waals surface area contributed by atoms with E-state index >= 15 is 0 Å². The number of anilines is 2. The Labute approximate surface area is 367 Å². The number of carbonyl (C=O) groups excluding carboxylic acids is 3. The lowest BCUT2D eigenvalue weighted by Gasteiger charge is -2.29. The molecule has 8 rings (SSSR count). The highest BCUT2D eigenvalue weighted by molar-refractivity contribution is 6.35. The van der Waals surface area contributed by atoms with Crippen molar-refractivity contribution in [3.8, 4) is 41.2 Å². The molecule has 0 saturated carbocycles. The maximum atomic E-state index is 14.7. The van der Waals surface area contributed by atoms with E-state index in [-0.39, 0.29) is 47.1 Å². The Kier molecular flexibility index (Phi) is 14.4. The zero-order valence-corrected chi connectivity index (χ0v) is 34.5. The van der Waals surface area contributed by atoms with Crippen LogP contribution in [0.15, 0.2) is 90.3 Å². The van der Waals surface area contributed by atoms with Crippen LogP contribution in [0.3, 0.4) is 0 Å².